The molecule has 1 unspecified atom stereocenters. The lowest BCUT2D eigenvalue weighted by Gasteiger charge is -2.34. The molecule has 1 saturated carbocycles. The summed E-state index contributed by atoms with van der Waals surface area (Å²) in [6, 6.07) is 22.1. The maximum atomic E-state index is 12.0. The maximum absolute atomic E-state index is 12.0. The van der Waals surface area contributed by atoms with Crippen molar-refractivity contribution in [3.8, 4) is 5.75 Å². The molecule has 0 aliphatic heterocycles. The topological polar surface area (TPSA) is 48.4 Å². The van der Waals surface area contributed by atoms with E-state index in [9.17, 15) is 4.79 Å². The van der Waals surface area contributed by atoms with Crippen molar-refractivity contribution in [3.63, 3.8) is 0 Å². The zero-order chi connectivity index (χ0) is 20.8. The molecule has 4 rings (SSSR count). The second-order valence-corrected chi connectivity index (χ2v) is 7.69. The molecule has 154 valence electrons. The fourth-order valence-corrected chi connectivity index (χ4v) is 3.96. The Morgan fingerprint density at radius 1 is 1.00 bits per heavy atom. The number of aromatic nitrogens is 1. The summed E-state index contributed by atoms with van der Waals surface area (Å²) in [6.45, 7) is 2.67. The van der Waals surface area contributed by atoms with Gasteiger partial charge in [-0.15, -0.1) is 0 Å². The van der Waals surface area contributed by atoms with E-state index < -0.39 is 0 Å². The zero-order valence-electron chi connectivity index (χ0n) is 17.3. The summed E-state index contributed by atoms with van der Waals surface area (Å²) in [7, 11) is 0. The van der Waals surface area contributed by atoms with E-state index in [4.69, 9.17) is 9.47 Å². The van der Waals surface area contributed by atoms with E-state index in [1.807, 2.05) is 49.4 Å². The standard InChI is InChI=1S/C26H27NO3/c1-2-29-26(28)22-11-9-20(10-12-22)25(19-6-5-7-19)21-13-15-24(16-14-21)30-18-23-8-3-4-17-27-23/h3-4,8-17,19,25H,2,5-7,18H2,1H3. The minimum atomic E-state index is -0.265. The number of rotatable bonds is 8. The van der Waals surface area contributed by atoms with E-state index in [0.29, 0.717) is 30.6 Å². The second kappa shape index (κ2) is 9.57. The molecule has 2 aromatic carbocycles. The van der Waals surface area contributed by atoms with Gasteiger partial charge >= 0.3 is 5.97 Å². The number of hydrogen-bond donors (Lipinski definition) is 0. The number of hydrogen-bond acceptors (Lipinski definition) is 4. The van der Waals surface area contributed by atoms with Crippen LogP contribution in [-0.2, 0) is 11.3 Å². The molecule has 0 saturated heterocycles. The monoisotopic (exact) mass is 401 g/mol. The molecular weight excluding hydrogens is 374 g/mol. The van der Waals surface area contributed by atoms with Gasteiger partial charge in [0.1, 0.15) is 12.4 Å². The van der Waals surface area contributed by atoms with E-state index >= 15 is 0 Å². The van der Waals surface area contributed by atoms with Crippen molar-refractivity contribution >= 4 is 5.97 Å². The molecular formula is C26H27NO3. The van der Waals surface area contributed by atoms with Crippen molar-refractivity contribution < 1.29 is 14.3 Å². The fourth-order valence-electron chi connectivity index (χ4n) is 3.96. The second-order valence-electron chi connectivity index (χ2n) is 7.69. The van der Waals surface area contributed by atoms with Crippen LogP contribution >= 0.6 is 0 Å². The van der Waals surface area contributed by atoms with Gasteiger partial charge in [0, 0.05) is 12.1 Å². The Bertz CT molecular complexity index is 948. The summed E-state index contributed by atoms with van der Waals surface area (Å²) in [5.41, 5.74) is 4.05. The molecule has 1 heterocycles. The molecule has 3 aromatic rings. The van der Waals surface area contributed by atoms with Crippen LogP contribution in [0.3, 0.4) is 0 Å². The Kier molecular flexibility index (Phi) is 6.43. The SMILES string of the molecule is CCOC(=O)c1ccc(C(c2ccc(OCc3ccccn3)cc2)C2CCC2)cc1. The third-order valence-electron chi connectivity index (χ3n) is 5.75. The van der Waals surface area contributed by atoms with Crippen molar-refractivity contribution in [3.05, 3.63) is 95.3 Å². The number of benzene rings is 2. The van der Waals surface area contributed by atoms with Crippen LogP contribution in [0.4, 0.5) is 0 Å². The van der Waals surface area contributed by atoms with Crippen molar-refractivity contribution in [2.75, 3.05) is 6.61 Å². The highest BCUT2D eigenvalue weighted by Gasteiger charge is 2.30. The molecule has 0 bridgehead atoms. The highest BCUT2D eigenvalue weighted by molar-refractivity contribution is 5.89. The highest BCUT2D eigenvalue weighted by Crippen LogP contribution is 2.43. The van der Waals surface area contributed by atoms with E-state index in [1.165, 1.54) is 30.4 Å². The molecule has 4 nitrogen and oxygen atoms in total. The van der Waals surface area contributed by atoms with E-state index in [-0.39, 0.29) is 5.97 Å². The van der Waals surface area contributed by atoms with Crippen molar-refractivity contribution in [1.29, 1.82) is 0 Å². The molecule has 1 aliphatic rings. The molecule has 1 aromatic heterocycles. The molecule has 30 heavy (non-hydrogen) atoms. The van der Waals surface area contributed by atoms with E-state index in [0.717, 1.165) is 11.4 Å². The van der Waals surface area contributed by atoms with Crippen LogP contribution < -0.4 is 4.74 Å². The smallest absolute Gasteiger partial charge is 0.338 e. The normalized spacial score (nSPS) is 14.6. The van der Waals surface area contributed by atoms with Gasteiger partial charge in [-0.3, -0.25) is 4.98 Å². The van der Waals surface area contributed by atoms with E-state index in [2.05, 4.69) is 29.2 Å². The molecule has 0 N–H and O–H groups in total. The average Bonchev–Trinajstić information content (AvgIpc) is 2.76. The minimum absolute atomic E-state index is 0.265. The van der Waals surface area contributed by atoms with Crippen LogP contribution in [0.15, 0.2) is 72.9 Å². The Morgan fingerprint density at radius 2 is 1.70 bits per heavy atom. The summed E-state index contributed by atoms with van der Waals surface area (Å²) in [5.74, 6) is 1.55. The Hall–Kier alpha value is -3.14. The number of carbonyl (C=O) groups is 1. The van der Waals surface area contributed by atoms with Crippen LogP contribution in [0.2, 0.25) is 0 Å². The summed E-state index contributed by atoms with van der Waals surface area (Å²) in [5, 5.41) is 0. The van der Waals surface area contributed by atoms with Gasteiger partial charge in [-0.25, -0.2) is 4.79 Å². The van der Waals surface area contributed by atoms with Gasteiger partial charge in [-0.2, -0.15) is 0 Å². The van der Waals surface area contributed by atoms with Crippen molar-refractivity contribution in [1.82, 2.24) is 4.98 Å². The first kappa shape index (κ1) is 20.1. The third-order valence-corrected chi connectivity index (χ3v) is 5.75. The molecule has 0 spiro atoms. The van der Waals surface area contributed by atoms with E-state index in [1.54, 1.807) is 6.20 Å². The first-order valence-electron chi connectivity index (χ1n) is 10.6. The summed E-state index contributed by atoms with van der Waals surface area (Å²) in [6.07, 6.45) is 5.54. The molecule has 0 amide bonds. The van der Waals surface area contributed by atoms with Gasteiger partial charge < -0.3 is 9.47 Å². The Morgan fingerprint density at radius 3 is 2.27 bits per heavy atom. The lowest BCUT2D eigenvalue weighted by Crippen LogP contribution is -2.21. The predicted molar refractivity (Wildman–Crippen MR) is 117 cm³/mol. The summed E-state index contributed by atoms with van der Waals surface area (Å²) >= 11 is 0. The first-order chi connectivity index (χ1) is 14.7. The first-order valence-corrected chi connectivity index (χ1v) is 10.6. The van der Waals surface area contributed by atoms with Crippen molar-refractivity contribution in [2.24, 2.45) is 5.92 Å². The predicted octanol–water partition coefficient (Wildman–Crippen LogP) is 5.77. The number of nitrogens with zero attached hydrogens (tertiary/aromatic N) is 1. The molecule has 4 heteroatoms. The van der Waals surface area contributed by atoms with Crippen LogP contribution in [-0.4, -0.2) is 17.6 Å². The van der Waals surface area contributed by atoms with Gasteiger partial charge in [0.25, 0.3) is 0 Å². The highest BCUT2D eigenvalue weighted by atomic mass is 16.5. The van der Waals surface area contributed by atoms with Gasteiger partial charge in [0.15, 0.2) is 0 Å². The van der Waals surface area contributed by atoms with Gasteiger partial charge in [0.2, 0.25) is 0 Å². The van der Waals surface area contributed by atoms with Crippen molar-refractivity contribution in [2.45, 2.75) is 38.7 Å². The molecule has 1 fully saturated rings. The average molecular weight is 402 g/mol. The van der Waals surface area contributed by atoms with Crippen LogP contribution in [0.1, 0.15) is 59.3 Å². The van der Waals surface area contributed by atoms with Crippen LogP contribution in [0, 0.1) is 5.92 Å². The molecule has 0 radical (unpaired) electrons. The third kappa shape index (κ3) is 4.70. The Balaban J connectivity index is 1.49. The van der Waals surface area contributed by atoms with Crippen LogP contribution in [0.5, 0.6) is 5.75 Å². The zero-order valence-corrected chi connectivity index (χ0v) is 17.3. The number of carbonyl (C=O) groups excluding carboxylic acids is 1. The molecule has 1 atom stereocenters. The van der Waals surface area contributed by atoms with Gasteiger partial charge in [-0.1, -0.05) is 36.8 Å². The maximum Gasteiger partial charge on any atom is 0.338 e. The summed E-state index contributed by atoms with van der Waals surface area (Å²) in [4.78, 5) is 16.3. The lowest BCUT2D eigenvalue weighted by molar-refractivity contribution is 0.0526. The molecule has 1 aliphatic carbocycles. The lowest BCUT2D eigenvalue weighted by atomic mass is 9.70. The van der Waals surface area contributed by atoms with Gasteiger partial charge in [-0.05, 0) is 73.2 Å². The van der Waals surface area contributed by atoms with Crippen LogP contribution in [0.25, 0.3) is 0 Å². The quantitative estimate of drug-likeness (QED) is 0.450. The summed E-state index contributed by atoms with van der Waals surface area (Å²) < 4.78 is 11.0. The number of ether oxygens (including phenoxy) is 2. The number of esters is 1. The fraction of sp³-hybridized carbons (Fsp3) is 0.308. The minimum Gasteiger partial charge on any atom is -0.487 e. The number of pyridine rings is 1. The largest absolute Gasteiger partial charge is 0.487 e. The van der Waals surface area contributed by atoms with Gasteiger partial charge in [0.05, 0.1) is 17.9 Å². The Labute approximate surface area is 177 Å².